The van der Waals surface area contributed by atoms with Gasteiger partial charge in [-0.1, -0.05) is 0 Å². The summed E-state index contributed by atoms with van der Waals surface area (Å²) < 4.78 is 26.3. The van der Waals surface area contributed by atoms with Crippen LogP contribution in [0.4, 0.5) is 5.69 Å². The number of hydrogen-bond donors (Lipinski definition) is 4. The van der Waals surface area contributed by atoms with Crippen molar-refractivity contribution in [3.63, 3.8) is 0 Å². The highest BCUT2D eigenvalue weighted by Gasteiger charge is 2.21. The van der Waals surface area contributed by atoms with Crippen LogP contribution < -0.4 is 21.7 Å². The number of amides is 1. The summed E-state index contributed by atoms with van der Waals surface area (Å²) in [4.78, 5) is 14.3. The molecule has 0 fully saturated rings. The van der Waals surface area contributed by atoms with Gasteiger partial charge in [0.1, 0.15) is 4.90 Å². The Kier molecular flexibility index (Phi) is 4.59. The van der Waals surface area contributed by atoms with Gasteiger partial charge < -0.3 is 11.2 Å². The summed E-state index contributed by atoms with van der Waals surface area (Å²) >= 11 is 0. The molecule has 0 aromatic carbocycles. The fraction of sp³-hybridized carbons (Fsp3) is 0.333. The first-order chi connectivity index (χ1) is 8.36. The molecule has 8 nitrogen and oxygen atoms in total. The van der Waals surface area contributed by atoms with Crippen LogP contribution in [0.1, 0.15) is 13.3 Å². The number of nitrogen functional groups attached to an aromatic ring is 1. The van der Waals surface area contributed by atoms with Crippen LogP contribution >= 0.6 is 0 Å². The SMILES string of the molecule is CC(CC(N)=O)NS(=O)(=O)c1cnccc1NN. The fourth-order valence-corrected chi connectivity index (χ4v) is 2.74. The Morgan fingerprint density at radius 1 is 1.56 bits per heavy atom. The molecule has 100 valence electrons. The quantitative estimate of drug-likeness (QED) is 0.383. The number of nitrogens with one attached hydrogen (secondary N) is 2. The third kappa shape index (κ3) is 3.65. The molecule has 1 rings (SSSR count). The van der Waals surface area contributed by atoms with Gasteiger partial charge in [-0.15, -0.1) is 0 Å². The molecule has 0 saturated carbocycles. The average Bonchev–Trinajstić information content (AvgIpc) is 2.27. The molecule has 0 bridgehead atoms. The molecule has 9 heteroatoms. The molecule has 6 N–H and O–H groups in total. The molecular formula is C9H15N5O3S. The van der Waals surface area contributed by atoms with Gasteiger partial charge in [0.2, 0.25) is 15.9 Å². The molecule has 0 aliphatic heterocycles. The molecule has 18 heavy (non-hydrogen) atoms. The fourth-order valence-electron chi connectivity index (χ4n) is 1.39. The summed E-state index contributed by atoms with van der Waals surface area (Å²) in [5.41, 5.74) is 7.47. The van der Waals surface area contributed by atoms with E-state index in [0.29, 0.717) is 0 Å². The number of carbonyl (C=O) groups is 1. The number of nitrogens with zero attached hydrogens (tertiary/aromatic N) is 1. The van der Waals surface area contributed by atoms with Crippen LogP contribution in [0.25, 0.3) is 0 Å². The van der Waals surface area contributed by atoms with Crippen LogP contribution in [0.3, 0.4) is 0 Å². The normalized spacial score (nSPS) is 13.0. The first-order valence-corrected chi connectivity index (χ1v) is 6.56. The zero-order chi connectivity index (χ0) is 13.8. The highest BCUT2D eigenvalue weighted by atomic mass is 32.2. The third-order valence-corrected chi connectivity index (χ3v) is 3.71. The molecule has 0 aliphatic carbocycles. The lowest BCUT2D eigenvalue weighted by Gasteiger charge is -2.14. The van der Waals surface area contributed by atoms with E-state index in [2.05, 4.69) is 15.1 Å². The van der Waals surface area contributed by atoms with Crippen LogP contribution in [0.5, 0.6) is 0 Å². The van der Waals surface area contributed by atoms with Crippen molar-refractivity contribution in [1.29, 1.82) is 0 Å². The van der Waals surface area contributed by atoms with Crippen molar-refractivity contribution < 1.29 is 13.2 Å². The van der Waals surface area contributed by atoms with E-state index in [1.54, 1.807) is 0 Å². The topological polar surface area (TPSA) is 140 Å². The predicted octanol–water partition coefficient (Wildman–Crippen LogP) is -1.09. The summed E-state index contributed by atoms with van der Waals surface area (Å²) in [6.07, 6.45) is 2.47. The number of primary amides is 1. The van der Waals surface area contributed by atoms with E-state index >= 15 is 0 Å². The number of sulfonamides is 1. The maximum Gasteiger partial charge on any atom is 0.244 e. The second-order valence-electron chi connectivity index (χ2n) is 3.71. The van der Waals surface area contributed by atoms with Gasteiger partial charge in [0.15, 0.2) is 0 Å². The molecule has 1 atom stereocenters. The molecule has 1 aromatic rings. The maximum absolute atomic E-state index is 12.0. The Morgan fingerprint density at radius 2 is 2.22 bits per heavy atom. The van der Waals surface area contributed by atoms with E-state index in [-0.39, 0.29) is 17.0 Å². The molecule has 0 radical (unpaired) electrons. The van der Waals surface area contributed by atoms with Gasteiger partial charge in [-0.2, -0.15) is 0 Å². The van der Waals surface area contributed by atoms with Crippen molar-refractivity contribution in [3.8, 4) is 0 Å². The summed E-state index contributed by atoms with van der Waals surface area (Å²) in [7, 11) is -3.81. The lowest BCUT2D eigenvalue weighted by atomic mass is 10.2. The molecule has 1 unspecified atom stereocenters. The number of rotatable bonds is 6. The lowest BCUT2D eigenvalue weighted by molar-refractivity contribution is -0.118. The summed E-state index contributed by atoms with van der Waals surface area (Å²) in [5, 5.41) is 0. The van der Waals surface area contributed by atoms with E-state index < -0.39 is 22.0 Å². The average molecular weight is 273 g/mol. The van der Waals surface area contributed by atoms with E-state index in [9.17, 15) is 13.2 Å². The summed E-state index contributed by atoms with van der Waals surface area (Å²) in [6.45, 7) is 1.54. The van der Waals surface area contributed by atoms with Crippen molar-refractivity contribution in [3.05, 3.63) is 18.5 Å². The zero-order valence-corrected chi connectivity index (χ0v) is 10.6. The Balaban J connectivity index is 2.96. The second kappa shape index (κ2) is 5.76. The Hall–Kier alpha value is -1.71. The Labute approximate surface area is 105 Å². The number of anilines is 1. The van der Waals surface area contributed by atoms with Gasteiger partial charge in [0.25, 0.3) is 0 Å². The highest BCUT2D eigenvalue weighted by molar-refractivity contribution is 7.89. The van der Waals surface area contributed by atoms with Gasteiger partial charge >= 0.3 is 0 Å². The highest BCUT2D eigenvalue weighted by Crippen LogP contribution is 2.18. The van der Waals surface area contributed by atoms with Crippen LogP contribution in [0, 0.1) is 0 Å². The molecular weight excluding hydrogens is 258 g/mol. The number of hydrogen-bond acceptors (Lipinski definition) is 6. The number of pyridine rings is 1. The zero-order valence-electron chi connectivity index (χ0n) is 9.75. The standard InChI is InChI=1S/C9H15N5O3S/c1-6(4-9(10)15)14-18(16,17)8-5-12-3-2-7(8)13-11/h2-3,5-6,14H,4,11H2,1H3,(H2,10,15)(H,12,13). The van der Waals surface area contributed by atoms with Gasteiger partial charge in [-0.25, -0.2) is 13.1 Å². The van der Waals surface area contributed by atoms with Crippen LogP contribution in [-0.2, 0) is 14.8 Å². The molecule has 0 saturated heterocycles. The number of carbonyl (C=O) groups excluding carboxylic acids is 1. The first kappa shape index (κ1) is 14.4. The van der Waals surface area contributed by atoms with Crippen LogP contribution in [0.2, 0.25) is 0 Å². The molecule has 0 spiro atoms. The van der Waals surface area contributed by atoms with E-state index in [1.165, 1.54) is 19.2 Å². The number of nitrogens with two attached hydrogens (primary N) is 2. The third-order valence-electron chi connectivity index (χ3n) is 2.09. The largest absolute Gasteiger partial charge is 0.370 e. The van der Waals surface area contributed by atoms with Crippen molar-refractivity contribution >= 4 is 21.6 Å². The lowest BCUT2D eigenvalue weighted by Crippen LogP contribution is -2.36. The molecule has 1 amide bonds. The van der Waals surface area contributed by atoms with E-state index in [4.69, 9.17) is 11.6 Å². The van der Waals surface area contributed by atoms with Crippen molar-refractivity contribution in [1.82, 2.24) is 9.71 Å². The first-order valence-electron chi connectivity index (χ1n) is 5.08. The van der Waals surface area contributed by atoms with Gasteiger partial charge in [-0.3, -0.25) is 15.6 Å². The van der Waals surface area contributed by atoms with Crippen molar-refractivity contribution in [2.75, 3.05) is 5.43 Å². The molecule has 0 aliphatic rings. The molecule has 1 aromatic heterocycles. The smallest absolute Gasteiger partial charge is 0.244 e. The van der Waals surface area contributed by atoms with E-state index in [0.717, 1.165) is 6.20 Å². The second-order valence-corrected chi connectivity index (χ2v) is 5.39. The monoisotopic (exact) mass is 273 g/mol. The van der Waals surface area contributed by atoms with E-state index in [1.807, 2.05) is 0 Å². The van der Waals surface area contributed by atoms with Gasteiger partial charge in [0.05, 0.1) is 5.69 Å². The Bertz CT molecular complexity index is 531. The minimum atomic E-state index is -3.81. The van der Waals surface area contributed by atoms with Crippen LogP contribution in [0.15, 0.2) is 23.4 Å². The summed E-state index contributed by atoms with van der Waals surface area (Å²) in [5.74, 6) is 4.63. The Morgan fingerprint density at radius 3 is 2.78 bits per heavy atom. The number of aromatic nitrogens is 1. The molecule has 1 heterocycles. The van der Waals surface area contributed by atoms with Gasteiger partial charge in [0, 0.05) is 24.9 Å². The van der Waals surface area contributed by atoms with Crippen molar-refractivity contribution in [2.24, 2.45) is 11.6 Å². The summed E-state index contributed by atoms with van der Waals surface area (Å²) in [6, 6.07) is 0.811. The van der Waals surface area contributed by atoms with Gasteiger partial charge in [-0.05, 0) is 13.0 Å². The predicted molar refractivity (Wildman–Crippen MR) is 65.6 cm³/mol. The minimum absolute atomic E-state index is 0.0924. The number of hydrazine groups is 1. The van der Waals surface area contributed by atoms with Crippen molar-refractivity contribution in [2.45, 2.75) is 24.3 Å². The maximum atomic E-state index is 12.0. The van der Waals surface area contributed by atoms with Crippen LogP contribution in [-0.4, -0.2) is 25.4 Å². The minimum Gasteiger partial charge on any atom is -0.370 e.